The molecule has 110 valence electrons. The van der Waals surface area contributed by atoms with Crippen LogP contribution in [0.3, 0.4) is 0 Å². The van der Waals surface area contributed by atoms with Crippen molar-refractivity contribution in [2.24, 2.45) is 22.9 Å². The van der Waals surface area contributed by atoms with Crippen LogP contribution in [0.25, 0.3) is 0 Å². The van der Waals surface area contributed by atoms with Crippen molar-refractivity contribution in [2.75, 3.05) is 13.1 Å². The van der Waals surface area contributed by atoms with E-state index >= 15 is 0 Å². The van der Waals surface area contributed by atoms with Crippen LogP contribution in [0.2, 0.25) is 0 Å². The summed E-state index contributed by atoms with van der Waals surface area (Å²) < 4.78 is 0. The monoisotopic (exact) mass is 258 g/mol. The molecule has 1 fully saturated rings. The van der Waals surface area contributed by atoms with Crippen molar-refractivity contribution >= 4 is 0 Å². The zero-order valence-electron chi connectivity index (χ0n) is 12.0. The highest BCUT2D eigenvalue weighted by atomic mass is 14.9. The number of hydrogen-bond donors (Lipinski definition) is 4. The van der Waals surface area contributed by atoms with E-state index in [1.165, 1.54) is 57.8 Å². The van der Waals surface area contributed by atoms with E-state index in [1.807, 2.05) is 0 Å². The van der Waals surface area contributed by atoms with E-state index in [0.717, 1.165) is 25.9 Å². The van der Waals surface area contributed by atoms with Gasteiger partial charge in [0.1, 0.15) is 0 Å². The average molecular weight is 258 g/mol. The quantitative estimate of drug-likeness (QED) is 0.413. The molecule has 0 unspecified atom stereocenters. The first-order chi connectivity index (χ1) is 8.62. The van der Waals surface area contributed by atoms with Crippen molar-refractivity contribution in [3.8, 4) is 0 Å². The maximum absolute atomic E-state index is 5.66. The Morgan fingerprint density at radius 3 is 1.28 bits per heavy atom. The van der Waals surface area contributed by atoms with Gasteiger partial charge in [-0.15, -0.1) is 0 Å². The first-order valence-corrected chi connectivity index (χ1v) is 7.60. The molecule has 0 aliphatic heterocycles. The Morgan fingerprint density at radius 1 is 0.611 bits per heavy atom. The summed E-state index contributed by atoms with van der Waals surface area (Å²) in [6, 6.07) is 0. The third-order valence-corrected chi connectivity index (χ3v) is 3.44. The van der Waals surface area contributed by atoms with Crippen LogP contribution < -0.4 is 22.9 Å². The van der Waals surface area contributed by atoms with Crippen molar-refractivity contribution in [1.82, 2.24) is 0 Å². The van der Waals surface area contributed by atoms with Crippen molar-refractivity contribution < 1.29 is 0 Å². The van der Waals surface area contributed by atoms with Crippen molar-refractivity contribution in [2.45, 2.75) is 76.3 Å². The predicted octanol–water partition coefficient (Wildman–Crippen LogP) is 1.81. The number of unbranched alkanes of at least 4 members (excludes halogenated alkanes) is 5. The third-order valence-electron chi connectivity index (χ3n) is 3.44. The molecular weight excluding hydrogens is 224 g/mol. The molecule has 4 nitrogen and oxygen atoms in total. The molecule has 8 N–H and O–H groups in total. The van der Waals surface area contributed by atoms with Gasteiger partial charge in [-0.3, -0.25) is 0 Å². The highest BCUT2D eigenvalue weighted by Crippen LogP contribution is 2.20. The van der Waals surface area contributed by atoms with E-state index in [4.69, 9.17) is 22.9 Å². The van der Waals surface area contributed by atoms with Gasteiger partial charge in [0.25, 0.3) is 0 Å². The van der Waals surface area contributed by atoms with Gasteiger partial charge in [0.2, 0.25) is 0 Å². The van der Waals surface area contributed by atoms with Gasteiger partial charge in [0, 0.05) is 0 Å². The Bertz CT molecular complexity index is 155. The van der Waals surface area contributed by atoms with E-state index in [-0.39, 0.29) is 5.66 Å². The maximum Gasteiger partial charge on any atom is 0.0636 e. The summed E-state index contributed by atoms with van der Waals surface area (Å²) >= 11 is 0. The van der Waals surface area contributed by atoms with Crippen LogP contribution in [0.4, 0.5) is 0 Å². The summed E-state index contributed by atoms with van der Waals surface area (Å²) in [5, 5.41) is 0. The molecule has 0 bridgehead atoms. The lowest BCUT2D eigenvalue weighted by Crippen LogP contribution is -2.50. The molecule has 1 aliphatic carbocycles. The molecule has 1 rings (SSSR count). The SMILES string of the molecule is NC1(N)CCCCC1.NCCCCCCCCN. The van der Waals surface area contributed by atoms with Crippen molar-refractivity contribution in [1.29, 1.82) is 0 Å². The first-order valence-electron chi connectivity index (χ1n) is 7.60. The van der Waals surface area contributed by atoms with Gasteiger partial charge in [-0.1, -0.05) is 44.9 Å². The lowest BCUT2D eigenvalue weighted by atomic mass is 9.91. The lowest BCUT2D eigenvalue weighted by Gasteiger charge is -2.28. The van der Waals surface area contributed by atoms with E-state index < -0.39 is 0 Å². The molecule has 0 heterocycles. The minimum absolute atomic E-state index is 0.321. The summed E-state index contributed by atoms with van der Waals surface area (Å²) in [6.45, 7) is 1.69. The van der Waals surface area contributed by atoms with Crippen LogP contribution in [0, 0.1) is 0 Å². The molecule has 18 heavy (non-hydrogen) atoms. The molecule has 0 aromatic carbocycles. The smallest absolute Gasteiger partial charge is 0.0636 e. The number of rotatable bonds is 7. The fourth-order valence-electron chi connectivity index (χ4n) is 2.21. The second kappa shape index (κ2) is 11.9. The van der Waals surface area contributed by atoms with Crippen molar-refractivity contribution in [3.63, 3.8) is 0 Å². The van der Waals surface area contributed by atoms with Crippen LogP contribution in [0.15, 0.2) is 0 Å². The molecular formula is C14H34N4. The topological polar surface area (TPSA) is 104 Å². The standard InChI is InChI=1S/C8H20N2.C6H14N2/c9-7-5-3-1-2-4-6-8-10;7-6(8)4-2-1-3-5-6/h1-10H2;1-5,7-8H2. The summed E-state index contributed by atoms with van der Waals surface area (Å²) in [7, 11) is 0. The maximum atomic E-state index is 5.66. The highest BCUT2D eigenvalue weighted by molar-refractivity contribution is 4.79. The van der Waals surface area contributed by atoms with Crippen molar-refractivity contribution in [3.05, 3.63) is 0 Å². The Kier molecular flexibility index (Phi) is 11.8. The minimum Gasteiger partial charge on any atom is -0.330 e. The van der Waals surface area contributed by atoms with Gasteiger partial charge in [0.05, 0.1) is 5.66 Å². The van der Waals surface area contributed by atoms with Crippen LogP contribution in [0.5, 0.6) is 0 Å². The summed E-state index contributed by atoms with van der Waals surface area (Å²) in [4.78, 5) is 0. The highest BCUT2D eigenvalue weighted by Gasteiger charge is 2.21. The fourth-order valence-corrected chi connectivity index (χ4v) is 2.21. The second-order valence-corrected chi connectivity index (χ2v) is 5.49. The first kappa shape index (κ1) is 17.8. The van der Waals surface area contributed by atoms with Crippen LogP contribution in [-0.2, 0) is 0 Å². The van der Waals surface area contributed by atoms with Crippen LogP contribution in [-0.4, -0.2) is 18.8 Å². The van der Waals surface area contributed by atoms with Gasteiger partial charge in [0.15, 0.2) is 0 Å². The van der Waals surface area contributed by atoms with Gasteiger partial charge in [-0.25, -0.2) is 0 Å². The van der Waals surface area contributed by atoms with E-state index in [1.54, 1.807) is 0 Å². The van der Waals surface area contributed by atoms with E-state index in [9.17, 15) is 0 Å². The molecule has 0 saturated heterocycles. The molecule has 0 aromatic rings. The normalized spacial score (nSPS) is 18.0. The number of nitrogens with two attached hydrogens (primary N) is 4. The van der Waals surface area contributed by atoms with E-state index in [2.05, 4.69) is 0 Å². The van der Waals surface area contributed by atoms with E-state index in [0.29, 0.717) is 0 Å². The minimum atomic E-state index is -0.321. The largest absolute Gasteiger partial charge is 0.330 e. The Balaban J connectivity index is 0.000000327. The molecule has 0 aromatic heterocycles. The molecule has 0 atom stereocenters. The molecule has 4 heteroatoms. The predicted molar refractivity (Wildman–Crippen MR) is 80.0 cm³/mol. The second-order valence-electron chi connectivity index (χ2n) is 5.49. The molecule has 1 aliphatic rings. The van der Waals surface area contributed by atoms with Crippen LogP contribution >= 0.6 is 0 Å². The molecule has 0 spiro atoms. The van der Waals surface area contributed by atoms with Gasteiger partial charge >= 0.3 is 0 Å². The van der Waals surface area contributed by atoms with Gasteiger partial charge in [-0.2, -0.15) is 0 Å². The summed E-state index contributed by atoms with van der Waals surface area (Å²) in [6.07, 6.45) is 13.4. The Labute approximate surface area is 113 Å². The zero-order chi connectivity index (χ0) is 13.7. The van der Waals surface area contributed by atoms with Gasteiger partial charge in [-0.05, 0) is 38.8 Å². The molecule has 0 radical (unpaired) electrons. The fraction of sp³-hybridized carbons (Fsp3) is 1.00. The van der Waals surface area contributed by atoms with Gasteiger partial charge < -0.3 is 22.9 Å². The zero-order valence-corrected chi connectivity index (χ0v) is 12.0. The Morgan fingerprint density at radius 2 is 1.00 bits per heavy atom. The third kappa shape index (κ3) is 12.3. The summed E-state index contributed by atoms with van der Waals surface area (Å²) in [5.41, 5.74) is 21.7. The van der Waals surface area contributed by atoms with Crippen LogP contribution in [0.1, 0.15) is 70.6 Å². The summed E-state index contributed by atoms with van der Waals surface area (Å²) in [5.74, 6) is 0. The average Bonchev–Trinajstić information content (AvgIpc) is 2.34. The lowest BCUT2D eigenvalue weighted by molar-refractivity contribution is 0.306. The Hall–Kier alpha value is -0.160. The molecule has 0 amide bonds. The molecule has 1 saturated carbocycles. The number of hydrogen-bond acceptors (Lipinski definition) is 4.